The number of anilines is 1. The summed E-state index contributed by atoms with van der Waals surface area (Å²) in [5.41, 5.74) is -0.417. The van der Waals surface area contributed by atoms with E-state index in [0.29, 0.717) is 18.6 Å². The molecule has 1 amide bonds. The molecule has 1 saturated carbocycles. The monoisotopic (exact) mass is 503 g/mol. The van der Waals surface area contributed by atoms with E-state index in [-0.39, 0.29) is 44.7 Å². The number of amides is 1. The van der Waals surface area contributed by atoms with Gasteiger partial charge in [-0.2, -0.15) is 0 Å². The largest absolute Gasteiger partial charge is 0.393 e. The molecule has 0 saturated heterocycles. The second kappa shape index (κ2) is 10.0. The lowest BCUT2D eigenvalue weighted by Crippen LogP contribution is -2.26. The van der Waals surface area contributed by atoms with E-state index in [9.17, 15) is 31.5 Å². The van der Waals surface area contributed by atoms with Gasteiger partial charge in [0.25, 0.3) is 5.91 Å². The fraction of sp³-hybridized carbons (Fsp3) is 0.435. The zero-order valence-electron chi connectivity index (χ0n) is 18.1. The van der Waals surface area contributed by atoms with Crippen LogP contribution in [-0.2, 0) is 9.84 Å². The maximum atomic E-state index is 13.4. The summed E-state index contributed by atoms with van der Waals surface area (Å²) in [6, 6.07) is 4.90. The number of carbonyl (C=O) groups excluding carboxylic acids is 1. The van der Waals surface area contributed by atoms with Crippen LogP contribution in [0.2, 0.25) is 5.02 Å². The van der Waals surface area contributed by atoms with E-state index in [1.807, 2.05) is 6.92 Å². The van der Waals surface area contributed by atoms with E-state index in [4.69, 9.17) is 11.6 Å². The first-order valence-electron chi connectivity index (χ1n) is 10.5. The van der Waals surface area contributed by atoms with Crippen molar-refractivity contribution in [2.75, 3.05) is 11.1 Å². The standard InChI is InChI=1S/C23H25ClF3NO4S/c1-12-3-4-14(7-13(2)29)17(12)11-33(31,32)21-8-15(5-6-18(21)24)23(30)28-16-9-19(25)22(27)20(26)10-16/h5-6,8-10,12-14,17,29H,3-4,7,11H2,1-2H3,(H,28,30)/t12?,13-,14-,17+/m0/s1. The van der Waals surface area contributed by atoms with Crippen LogP contribution in [0, 0.1) is 35.2 Å². The van der Waals surface area contributed by atoms with E-state index in [0.717, 1.165) is 18.9 Å². The lowest BCUT2D eigenvalue weighted by Gasteiger charge is -2.24. The van der Waals surface area contributed by atoms with Crippen molar-refractivity contribution >= 4 is 33.0 Å². The molecule has 1 fully saturated rings. The lowest BCUT2D eigenvalue weighted by atomic mass is 9.88. The number of benzene rings is 2. The number of aliphatic hydroxyl groups excluding tert-OH is 1. The molecule has 0 radical (unpaired) electrons. The van der Waals surface area contributed by atoms with Crippen LogP contribution >= 0.6 is 11.6 Å². The summed E-state index contributed by atoms with van der Waals surface area (Å²) in [6.07, 6.45) is 1.65. The fourth-order valence-corrected chi connectivity index (χ4v) is 6.89. The lowest BCUT2D eigenvalue weighted by molar-refractivity contribution is 0.102. The Kier molecular flexibility index (Phi) is 7.76. The number of aliphatic hydroxyl groups is 1. The van der Waals surface area contributed by atoms with Crippen LogP contribution < -0.4 is 5.32 Å². The molecular weight excluding hydrogens is 479 g/mol. The van der Waals surface area contributed by atoms with Crippen molar-refractivity contribution in [2.24, 2.45) is 17.8 Å². The van der Waals surface area contributed by atoms with Crippen molar-refractivity contribution in [1.82, 2.24) is 0 Å². The summed E-state index contributed by atoms with van der Waals surface area (Å²) in [7, 11) is -3.89. The van der Waals surface area contributed by atoms with Crippen molar-refractivity contribution in [3.8, 4) is 0 Å². The van der Waals surface area contributed by atoms with Gasteiger partial charge in [0.1, 0.15) is 0 Å². The Hall–Kier alpha value is -2.10. The molecule has 4 atom stereocenters. The zero-order valence-corrected chi connectivity index (χ0v) is 19.7. The molecule has 2 N–H and O–H groups in total. The average molecular weight is 504 g/mol. The second-order valence-corrected chi connectivity index (χ2v) is 11.1. The number of nitrogens with one attached hydrogen (secondary N) is 1. The van der Waals surface area contributed by atoms with E-state index in [1.54, 1.807) is 6.92 Å². The molecule has 0 spiro atoms. The highest BCUT2D eigenvalue weighted by Gasteiger charge is 2.38. The molecule has 0 bridgehead atoms. The highest BCUT2D eigenvalue weighted by Crippen LogP contribution is 2.41. The Balaban J connectivity index is 1.85. The van der Waals surface area contributed by atoms with E-state index in [1.165, 1.54) is 12.1 Å². The number of hydrogen-bond acceptors (Lipinski definition) is 4. The van der Waals surface area contributed by atoms with Gasteiger partial charge in [-0.3, -0.25) is 4.79 Å². The Morgan fingerprint density at radius 2 is 1.82 bits per heavy atom. The number of carbonyl (C=O) groups is 1. The topological polar surface area (TPSA) is 83.5 Å². The van der Waals surface area contributed by atoms with Gasteiger partial charge in [-0.05, 0) is 55.7 Å². The van der Waals surface area contributed by atoms with Gasteiger partial charge in [0, 0.05) is 23.4 Å². The molecule has 33 heavy (non-hydrogen) atoms. The van der Waals surface area contributed by atoms with Gasteiger partial charge in [0.2, 0.25) is 0 Å². The third-order valence-corrected chi connectivity index (χ3v) is 8.43. The minimum atomic E-state index is -3.89. The molecule has 1 aliphatic carbocycles. The average Bonchev–Trinajstić information content (AvgIpc) is 3.04. The van der Waals surface area contributed by atoms with Crippen LogP contribution in [0.1, 0.15) is 43.5 Å². The maximum absolute atomic E-state index is 13.4. The SMILES string of the molecule is CC1CC[C@@H](C[C@H](C)O)[C@@H]1CS(=O)(=O)c1cc(C(=O)Nc2cc(F)c(F)c(F)c2)ccc1Cl. The first-order chi connectivity index (χ1) is 15.4. The van der Waals surface area contributed by atoms with Gasteiger partial charge in [0.05, 0.1) is 21.8 Å². The van der Waals surface area contributed by atoms with Crippen molar-refractivity contribution in [3.05, 3.63) is 58.4 Å². The summed E-state index contributed by atoms with van der Waals surface area (Å²) in [4.78, 5) is 12.3. The van der Waals surface area contributed by atoms with Gasteiger partial charge in [-0.25, -0.2) is 21.6 Å². The maximum Gasteiger partial charge on any atom is 0.255 e. The van der Waals surface area contributed by atoms with Gasteiger partial charge >= 0.3 is 0 Å². The first-order valence-corrected chi connectivity index (χ1v) is 12.6. The Labute approximate surface area is 195 Å². The predicted octanol–water partition coefficient (Wildman–Crippen LogP) is 5.22. The van der Waals surface area contributed by atoms with E-state index in [2.05, 4.69) is 5.32 Å². The van der Waals surface area contributed by atoms with E-state index < -0.39 is 39.3 Å². The van der Waals surface area contributed by atoms with Crippen LogP contribution in [0.5, 0.6) is 0 Å². The molecule has 1 aliphatic rings. The number of halogens is 4. The van der Waals surface area contributed by atoms with Crippen molar-refractivity contribution in [3.63, 3.8) is 0 Å². The third-order valence-electron chi connectivity index (χ3n) is 6.16. The minimum absolute atomic E-state index is 0.0526. The molecule has 2 aromatic rings. The molecule has 0 aliphatic heterocycles. The van der Waals surface area contributed by atoms with Gasteiger partial charge in [0.15, 0.2) is 27.3 Å². The fourth-order valence-electron chi connectivity index (χ4n) is 4.46. The van der Waals surface area contributed by atoms with Crippen LogP contribution in [-0.4, -0.2) is 31.3 Å². The quantitative estimate of drug-likeness (QED) is 0.508. The molecule has 2 aromatic carbocycles. The molecule has 10 heteroatoms. The van der Waals surface area contributed by atoms with Crippen molar-refractivity contribution < 1.29 is 31.5 Å². The van der Waals surface area contributed by atoms with Gasteiger partial charge in [-0.1, -0.05) is 24.9 Å². The van der Waals surface area contributed by atoms with Crippen molar-refractivity contribution in [1.29, 1.82) is 0 Å². The van der Waals surface area contributed by atoms with Crippen LogP contribution in [0.4, 0.5) is 18.9 Å². The van der Waals surface area contributed by atoms with Crippen LogP contribution in [0.15, 0.2) is 35.2 Å². The molecule has 0 aromatic heterocycles. The first kappa shape index (κ1) is 25.5. The normalized spacial score (nSPS) is 21.7. The highest BCUT2D eigenvalue weighted by atomic mass is 35.5. The van der Waals surface area contributed by atoms with Crippen molar-refractivity contribution in [2.45, 2.75) is 44.1 Å². The number of rotatable bonds is 7. The molecule has 5 nitrogen and oxygen atoms in total. The molecule has 0 heterocycles. The summed E-state index contributed by atoms with van der Waals surface area (Å²) in [5.74, 6) is -5.57. The van der Waals surface area contributed by atoms with E-state index >= 15 is 0 Å². The Morgan fingerprint density at radius 3 is 2.42 bits per heavy atom. The summed E-state index contributed by atoms with van der Waals surface area (Å²) in [6.45, 7) is 3.65. The highest BCUT2D eigenvalue weighted by molar-refractivity contribution is 7.91. The summed E-state index contributed by atoms with van der Waals surface area (Å²) in [5, 5.41) is 11.9. The summed E-state index contributed by atoms with van der Waals surface area (Å²) >= 11 is 6.16. The van der Waals surface area contributed by atoms with Crippen LogP contribution in [0.3, 0.4) is 0 Å². The minimum Gasteiger partial charge on any atom is -0.393 e. The third kappa shape index (κ3) is 5.88. The van der Waals surface area contributed by atoms with Gasteiger partial charge < -0.3 is 10.4 Å². The predicted molar refractivity (Wildman–Crippen MR) is 119 cm³/mol. The Morgan fingerprint density at radius 1 is 1.18 bits per heavy atom. The zero-order chi connectivity index (χ0) is 24.5. The number of hydrogen-bond donors (Lipinski definition) is 2. The van der Waals surface area contributed by atoms with Gasteiger partial charge in [-0.15, -0.1) is 0 Å². The molecule has 1 unspecified atom stereocenters. The summed E-state index contributed by atoms with van der Waals surface area (Å²) < 4.78 is 66.4. The molecule has 180 valence electrons. The Bertz CT molecular complexity index is 1130. The molecule has 3 rings (SSSR count). The second-order valence-electron chi connectivity index (χ2n) is 8.70. The molecular formula is C23H25ClF3NO4S. The smallest absolute Gasteiger partial charge is 0.255 e. The number of sulfone groups is 1. The van der Waals surface area contributed by atoms with Crippen LogP contribution in [0.25, 0.3) is 0 Å².